The molecule has 176 valence electrons. The second-order valence-electron chi connectivity index (χ2n) is 9.65. The summed E-state index contributed by atoms with van der Waals surface area (Å²) in [7, 11) is 2.30. The Bertz CT molecular complexity index is 909. The molecule has 1 saturated heterocycles. The van der Waals surface area contributed by atoms with Crippen LogP contribution in [0, 0.1) is 0 Å². The maximum absolute atomic E-state index is 12.9. The molecule has 1 aliphatic carbocycles. The Labute approximate surface area is 199 Å². The molecular weight excluding hydrogens is 406 g/mol. The maximum atomic E-state index is 12.9. The van der Waals surface area contributed by atoms with Gasteiger partial charge in [-0.15, -0.1) is 0 Å². The summed E-state index contributed by atoms with van der Waals surface area (Å²) >= 11 is 0. The Morgan fingerprint density at radius 1 is 1.03 bits per heavy atom. The Morgan fingerprint density at radius 2 is 1.76 bits per heavy atom. The number of amides is 1. The minimum atomic E-state index is 0.118. The van der Waals surface area contributed by atoms with E-state index in [9.17, 15) is 4.79 Å². The number of carbonyl (C=O) groups is 1. The number of rotatable bonds is 9. The second-order valence-corrected chi connectivity index (χ2v) is 9.65. The van der Waals surface area contributed by atoms with Crippen LogP contribution in [0.2, 0.25) is 0 Å². The summed E-state index contributed by atoms with van der Waals surface area (Å²) in [4.78, 5) is 19.8. The van der Waals surface area contributed by atoms with Crippen LogP contribution in [-0.4, -0.2) is 61.5 Å². The smallest absolute Gasteiger partial charge is 0.253 e. The van der Waals surface area contributed by atoms with Gasteiger partial charge in [-0.2, -0.15) is 0 Å². The van der Waals surface area contributed by atoms with Crippen molar-refractivity contribution in [2.24, 2.45) is 0 Å². The monoisotopic (exact) mass is 445 g/mol. The number of unbranched alkanes of at least 4 members (excludes halogenated alkanes) is 1. The fourth-order valence-corrected chi connectivity index (χ4v) is 5.24. The van der Waals surface area contributed by atoms with Gasteiger partial charge in [0.1, 0.15) is 0 Å². The van der Waals surface area contributed by atoms with Gasteiger partial charge >= 0.3 is 0 Å². The van der Waals surface area contributed by atoms with E-state index >= 15 is 0 Å². The lowest BCUT2D eigenvalue weighted by atomic mass is 10.1. The van der Waals surface area contributed by atoms with Gasteiger partial charge in [-0.3, -0.25) is 4.79 Å². The third kappa shape index (κ3) is 6.26. The number of aryl methyl sites for hydroxylation is 1. The first kappa shape index (κ1) is 23.6. The Morgan fingerprint density at radius 3 is 2.45 bits per heavy atom. The highest BCUT2D eigenvalue weighted by Crippen LogP contribution is 2.23. The van der Waals surface area contributed by atoms with Crippen molar-refractivity contribution >= 4 is 17.7 Å². The van der Waals surface area contributed by atoms with Crippen molar-refractivity contribution in [3.05, 3.63) is 71.8 Å². The van der Waals surface area contributed by atoms with Crippen LogP contribution in [0.25, 0.3) is 6.08 Å². The van der Waals surface area contributed by atoms with Crippen molar-refractivity contribution in [3.8, 4) is 0 Å². The van der Waals surface area contributed by atoms with Crippen molar-refractivity contribution in [3.63, 3.8) is 0 Å². The van der Waals surface area contributed by atoms with E-state index in [-0.39, 0.29) is 5.91 Å². The minimum absolute atomic E-state index is 0.118. The van der Waals surface area contributed by atoms with Crippen LogP contribution in [-0.2, 0) is 6.42 Å². The lowest BCUT2D eigenvalue weighted by Crippen LogP contribution is -2.48. The van der Waals surface area contributed by atoms with Crippen molar-refractivity contribution in [2.75, 3.05) is 44.7 Å². The molecule has 4 heteroatoms. The molecule has 2 aliphatic rings. The summed E-state index contributed by atoms with van der Waals surface area (Å²) in [6.45, 7) is 8.29. The summed E-state index contributed by atoms with van der Waals surface area (Å²) in [6, 6.07) is 17.6. The third-order valence-electron chi connectivity index (χ3n) is 7.41. The average Bonchev–Trinajstić information content (AvgIpc) is 3.42. The van der Waals surface area contributed by atoms with E-state index in [1.54, 1.807) is 6.08 Å². The molecule has 0 radical (unpaired) electrons. The molecule has 0 unspecified atom stereocenters. The van der Waals surface area contributed by atoms with Gasteiger partial charge in [0.15, 0.2) is 0 Å². The largest absolute Gasteiger partial charge is 0.368 e. The van der Waals surface area contributed by atoms with Crippen molar-refractivity contribution in [2.45, 2.75) is 51.0 Å². The van der Waals surface area contributed by atoms with E-state index in [0.29, 0.717) is 0 Å². The SMILES string of the molecule is C=Cc1cccc(C(=O)N2CCN(c3ccc(CCCCN(C)C4CCCC4)cc3)CC2)c1. The van der Waals surface area contributed by atoms with E-state index in [1.807, 2.05) is 29.2 Å². The van der Waals surface area contributed by atoms with Gasteiger partial charge in [0.25, 0.3) is 5.91 Å². The molecule has 4 nitrogen and oxygen atoms in total. The van der Waals surface area contributed by atoms with Crippen LogP contribution in [0.1, 0.15) is 60.0 Å². The van der Waals surface area contributed by atoms with Gasteiger partial charge in [-0.1, -0.05) is 49.8 Å². The molecule has 1 amide bonds. The van der Waals surface area contributed by atoms with Gasteiger partial charge in [0.2, 0.25) is 0 Å². The van der Waals surface area contributed by atoms with Crippen LogP contribution in [0.15, 0.2) is 55.1 Å². The maximum Gasteiger partial charge on any atom is 0.253 e. The summed E-state index contributed by atoms with van der Waals surface area (Å²) < 4.78 is 0. The number of hydrogen-bond acceptors (Lipinski definition) is 3. The van der Waals surface area contributed by atoms with E-state index in [2.05, 4.69) is 47.7 Å². The zero-order valence-corrected chi connectivity index (χ0v) is 20.2. The number of nitrogens with zero attached hydrogens (tertiary/aromatic N) is 3. The first-order valence-electron chi connectivity index (χ1n) is 12.7. The molecular formula is C29H39N3O. The zero-order chi connectivity index (χ0) is 23.0. The third-order valence-corrected chi connectivity index (χ3v) is 7.41. The molecule has 4 rings (SSSR count). The fourth-order valence-electron chi connectivity index (χ4n) is 5.24. The van der Waals surface area contributed by atoms with E-state index in [1.165, 1.54) is 56.3 Å². The van der Waals surface area contributed by atoms with Crippen LogP contribution in [0.3, 0.4) is 0 Å². The minimum Gasteiger partial charge on any atom is -0.368 e. The lowest BCUT2D eigenvalue weighted by Gasteiger charge is -2.36. The standard InChI is InChI=1S/C29H39N3O/c1-3-24-10-8-11-26(23-24)29(33)32-21-19-31(20-22-32)28-16-14-25(15-17-28)9-6-7-18-30(2)27-12-4-5-13-27/h3,8,10-11,14-17,23,27H,1,4-7,9,12-13,18-22H2,2H3. The molecule has 0 aromatic heterocycles. The Kier molecular flexibility index (Phi) is 8.22. The van der Waals surface area contributed by atoms with E-state index in [4.69, 9.17) is 0 Å². The molecule has 2 fully saturated rings. The van der Waals surface area contributed by atoms with E-state index < -0.39 is 0 Å². The molecule has 0 bridgehead atoms. The highest BCUT2D eigenvalue weighted by atomic mass is 16.2. The fraction of sp³-hybridized carbons (Fsp3) is 0.483. The zero-order valence-electron chi connectivity index (χ0n) is 20.2. The number of piperazine rings is 1. The molecule has 0 spiro atoms. The van der Waals surface area contributed by atoms with Crippen molar-refractivity contribution < 1.29 is 4.79 Å². The molecule has 1 saturated carbocycles. The molecule has 2 aromatic carbocycles. The summed E-state index contributed by atoms with van der Waals surface area (Å²) in [5, 5.41) is 0. The molecule has 0 N–H and O–H groups in total. The van der Waals surface area contributed by atoms with E-state index in [0.717, 1.165) is 49.8 Å². The van der Waals surface area contributed by atoms with Gasteiger partial charge < -0.3 is 14.7 Å². The lowest BCUT2D eigenvalue weighted by molar-refractivity contribution is 0.0746. The predicted molar refractivity (Wildman–Crippen MR) is 139 cm³/mol. The predicted octanol–water partition coefficient (Wildman–Crippen LogP) is 5.49. The summed E-state index contributed by atoms with van der Waals surface area (Å²) in [6.07, 6.45) is 11.1. The molecule has 1 heterocycles. The number of anilines is 1. The quantitative estimate of drug-likeness (QED) is 0.478. The molecule has 33 heavy (non-hydrogen) atoms. The van der Waals surface area contributed by atoms with Gasteiger partial charge in [0.05, 0.1) is 0 Å². The van der Waals surface area contributed by atoms with Crippen LogP contribution >= 0.6 is 0 Å². The summed E-state index contributed by atoms with van der Waals surface area (Å²) in [5.74, 6) is 0.118. The normalized spacial score (nSPS) is 17.0. The summed E-state index contributed by atoms with van der Waals surface area (Å²) in [5.41, 5.74) is 4.43. The Balaban J connectivity index is 1.20. The van der Waals surface area contributed by atoms with Crippen LogP contribution in [0.5, 0.6) is 0 Å². The van der Waals surface area contributed by atoms with Crippen molar-refractivity contribution in [1.82, 2.24) is 9.80 Å². The number of benzene rings is 2. The topological polar surface area (TPSA) is 26.8 Å². The van der Waals surface area contributed by atoms with Crippen LogP contribution in [0.4, 0.5) is 5.69 Å². The molecule has 1 aliphatic heterocycles. The van der Waals surface area contributed by atoms with Gasteiger partial charge in [-0.25, -0.2) is 0 Å². The highest BCUT2D eigenvalue weighted by Gasteiger charge is 2.22. The van der Waals surface area contributed by atoms with Crippen molar-refractivity contribution in [1.29, 1.82) is 0 Å². The second kappa shape index (κ2) is 11.5. The van der Waals surface area contributed by atoms with Gasteiger partial charge in [0, 0.05) is 43.5 Å². The molecule has 2 aromatic rings. The number of hydrogen-bond donors (Lipinski definition) is 0. The Hall–Kier alpha value is -2.59. The average molecular weight is 446 g/mol. The number of carbonyl (C=O) groups excluding carboxylic acids is 1. The first-order valence-corrected chi connectivity index (χ1v) is 12.7. The van der Waals surface area contributed by atoms with Crippen LogP contribution < -0.4 is 4.90 Å². The highest BCUT2D eigenvalue weighted by molar-refractivity contribution is 5.95. The first-order chi connectivity index (χ1) is 16.1. The molecule has 0 atom stereocenters. The van der Waals surface area contributed by atoms with Gasteiger partial charge in [-0.05, 0) is 81.1 Å².